The van der Waals surface area contributed by atoms with Crippen molar-refractivity contribution >= 4 is 39.1 Å². The molecule has 1 amide bonds. The molecule has 0 saturated carbocycles. The third kappa shape index (κ3) is 5.31. The number of nitrogens with zero attached hydrogens (tertiary/aromatic N) is 3. The van der Waals surface area contributed by atoms with Gasteiger partial charge in [-0.2, -0.15) is 4.31 Å². The second kappa shape index (κ2) is 9.62. The Kier molecular flexibility index (Phi) is 7.36. The zero-order chi connectivity index (χ0) is 21.9. The highest BCUT2D eigenvalue weighted by atomic mass is 35.5. The molecule has 0 atom stereocenters. The maximum absolute atomic E-state index is 13.9. The van der Waals surface area contributed by atoms with Crippen molar-refractivity contribution in [3.63, 3.8) is 0 Å². The Bertz CT molecular complexity index is 1030. The third-order valence-electron chi connectivity index (χ3n) is 4.89. The summed E-state index contributed by atoms with van der Waals surface area (Å²) in [7, 11) is -2.11. The summed E-state index contributed by atoms with van der Waals surface area (Å²) >= 11 is 11.9. The molecule has 0 radical (unpaired) electrons. The molecule has 3 rings (SSSR count). The van der Waals surface area contributed by atoms with Crippen molar-refractivity contribution in [2.45, 2.75) is 11.4 Å². The summed E-state index contributed by atoms with van der Waals surface area (Å²) in [6.07, 6.45) is 0. The number of halogens is 3. The van der Waals surface area contributed by atoms with Crippen LogP contribution in [0.1, 0.15) is 5.56 Å². The highest BCUT2D eigenvalue weighted by molar-refractivity contribution is 7.89. The fourth-order valence-electron chi connectivity index (χ4n) is 3.31. The van der Waals surface area contributed by atoms with E-state index in [9.17, 15) is 17.6 Å². The van der Waals surface area contributed by atoms with Crippen LogP contribution in [0.2, 0.25) is 10.0 Å². The fourth-order valence-corrected chi connectivity index (χ4v) is 5.12. The van der Waals surface area contributed by atoms with Gasteiger partial charge in [0.15, 0.2) is 0 Å². The summed E-state index contributed by atoms with van der Waals surface area (Å²) in [5.41, 5.74) is 0.931. The first kappa shape index (κ1) is 23.0. The first-order chi connectivity index (χ1) is 14.2. The number of piperazine rings is 1. The van der Waals surface area contributed by atoms with E-state index in [4.69, 9.17) is 23.2 Å². The second-order valence-corrected chi connectivity index (χ2v) is 9.86. The number of likely N-dealkylation sites (N-methyl/N-ethyl adjacent to an activating group) is 1. The van der Waals surface area contributed by atoms with Crippen molar-refractivity contribution in [1.29, 1.82) is 0 Å². The number of hydrogen-bond acceptors (Lipinski definition) is 4. The van der Waals surface area contributed by atoms with E-state index in [1.807, 2.05) is 18.0 Å². The minimum atomic E-state index is -3.93. The Morgan fingerprint density at radius 1 is 1.07 bits per heavy atom. The van der Waals surface area contributed by atoms with Crippen molar-refractivity contribution in [3.05, 3.63) is 63.9 Å². The van der Waals surface area contributed by atoms with E-state index in [0.717, 1.165) is 11.6 Å². The van der Waals surface area contributed by atoms with Gasteiger partial charge in [-0.3, -0.25) is 9.69 Å². The van der Waals surface area contributed by atoms with Gasteiger partial charge in [-0.25, -0.2) is 12.8 Å². The summed E-state index contributed by atoms with van der Waals surface area (Å²) in [4.78, 5) is 15.7. The van der Waals surface area contributed by atoms with E-state index < -0.39 is 15.8 Å². The van der Waals surface area contributed by atoms with Gasteiger partial charge in [0.2, 0.25) is 15.9 Å². The van der Waals surface area contributed by atoms with Crippen LogP contribution in [0.25, 0.3) is 0 Å². The number of carbonyl (C=O) groups excluding carboxylic acids is 1. The molecule has 2 aromatic rings. The van der Waals surface area contributed by atoms with Crippen LogP contribution in [0.4, 0.5) is 4.39 Å². The van der Waals surface area contributed by atoms with Crippen LogP contribution >= 0.6 is 23.2 Å². The topological polar surface area (TPSA) is 60.9 Å². The van der Waals surface area contributed by atoms with Crippen LogP contribution in [0.3, 0.4) is 0 Å². The molecule has 0 aliphatic carbocycles. The van der Waals surface area contributed by atoms with E-state index in [-0.39, 0.29) is 43.5 Å². The molecule has 1 saturated heterocycles. The molecular weight excluding hydrogens is 452 g/mol. The number of carbonyl (C=O) groups is 1. The second-order valence-electron chi connectivity index (χ2n) is 7.14. The molecule has 1 heterocycles. The molecule has 10 heteroatoms. The Balaban J connectivity index is 1.55. The average Bonchev–Trinajstić information content (AvgIpc) is 2.71. The van der Waals surface area contributed by atoms with Crippen molar-refractivity contribution in [1.82, 2.24) is 14.1 Å². The fraction of sp³-hybridized carbons (Fsp3) is 0.350. The van der Waals surface area contributed by atoms with Gasteiger partial charge < -0.3 is 4.90 Å². The lowest BCUT2D eigenvalue weighted by Crippen LogP contribution is -2.52. The van der Waals surface area contributed by atoms with E-state index in [0.29, 0.717) is 16.6 Å². The lowest BCUT2D eigenvalue weighted by Gasteiger charge is -2.34. The first-order valence-electron chi connectivity index (χ1n) is 9.33. The summed E-state index contributed by atoms with van der Waals surface area (Å²) < 4.78 is 40.5. The van der Waals surface area contributed by atoms with E-state index in [1.165, 1.54) is 22.5 Å². The first-order valence-corrected chi connectivity index (χ1v) is 11.5. The van der Waals surface area contributed by atoms with Gasteiger partial charge in [0.05, 0.1) is 16.6 Å². The molecule has 6 nitrogen and oxygen atoms in total. The normalized spacial score (nSPS) is 15.6. The van der Waals surface area contributed by atoms with Gasteiger partial charge in [0.1, 0.15) is 10.7 Å². The number of benzene rings is 2. The van der Waals surface area contributed by atoms with Gasteiger partial charge in [-0.05, 0) is 36.9 Å². The number of sulfonamides is 1. The van der Waals surface area contributed by atoms with Crippen LogP contribution in [0, 0.1) is 5.82 Å². The summed E-state index contributed by atoms with van der Waals surface area (Å²) in [5.74, 6) is -0.875. The van der Waals surface area contributed by atoms with Gasteiger partial charge in [-0.15, -0.1) is 0 Å². The maximum Gasteiger partial charge on any atom is 0.246 e. The minimum absolute atomic E-state index is 0.0968. The molecule has 1 aliphatic rings. The molecule has 0 bridgehead atoms. The summed E-state index contributed by atoms with van der Waals surface area (Å²) in [5, 5.41) is 0.934. The van der Waals surface area contributed by atoms with Gasteiger partial charge >= 0.3 is 0 Å². The summed E-state index contributed by atoms with van der Waals surface area (Å²) in [6.45, 7) is 1.46. The quantitative estimate of drug-likeness (QED) is 0.646. The van der Waals surface area contributed by atoms with Crippen LogP contribution in [0.15, 0.2) is 47.4 Å². The Morgan fingerprint density at radius 3 is 2.37 bits per heavy atom. The number of amides is 1. The van der Waals surface area contributed by atoms with Crippen LogP contribution in [0.5, 0.6) is 0 Å². The van der Waals surface area contributed by atoms with Crippen molar-refractivity contribution in [2.75, 3.05) is 39.8 Å². The zero-order valence-corrected chi connectivity index (χ0v) is 18.7. The van der Waals surface area contributed by atoms with Crippen LogP contribution in [-0.2, 0) is 21.4 Å². The largest absolute Gasteiger partial charge is 0.339 e. The highest BCUT2D eigenvalue weighted by Crippen LogP contribution is 2.23. The molecule has 1 fully saturated rings. The van der Waals surface area contributed by atoms with Crippen molar-refractivity contribution in [2.24, 2.45) is 0 Å². The lowest BCUT2D eigenvalue weighted by atomic mass is 10.2. The standard InChI is InChI=1S/C20H22Cl2FN3O3S/c1-24(13-15-6-7-16(21)17(22)12-15)14-20(27)25-8-10-26(11-9-25)30(28,29)19-5-3-2-4-18(19)23/h2-7,12H,8-11,13-14H2,1H3. The minimum Gasteiger partial charge on any atom is -0.339 e. The van der Waals surface area contributed by atoms with Crippen molar-refractivity contribution in [3.8, 4) is 0 Å². The molecule has 0 N–H and O–H groups in total. The average molecular weight is 474 g/mol. The highest BCUT2D eigenvalue weighted by Gasteiger charge is 2.31. The number of hydrogen-bond donors (Lipinski definition) is 0. The molecule has 0 spiro atoms. The molecule has 0 unspecified atom stereocenters. The van der Waals surface area contributed by atoms with Gasteiger partial charge in [-0.1, -0.05) is 41.4 Å². The van der Waals surface area contributed by atoms with E-state index in [2.05, 4.69) is 0 Å². The molecule has 30 heavy (non-hydrogen) atoms. The maximum atomic E-state index is 13.9. The number of rotatable bonds is 6. The molecule has 0 aromatic heterocycles. The predicted molar refractivity (Wildman–Crippen MR) is 115 cm³/mol. The SMILES string of the molecule is CN(CC(=O)N1CCN(S(=O)(=O)c2ccccc2F)CC1)Cc1ccc(Cl)c(Cl)c1. The van der Waals surface area contributed by atoms with Crippen molar-refractivity contribution < 1.29 is 17.6 Å². The Labute approximate surface area is 185 Å². The molecule has 1 aliphatic heterocycles. The summed E-state index contributed by atoms with van der Waals surface area (Å²) in [6, 6.07) is 10.6. The predicted octanol–water partition coefficient (Wildman–Crippen LogP) is 3.10. The molecule has 2 aromatic carbocycles. The van der Waals surface area contributed by atoms with E-state index in [1.54, 1.807) is 17.0 Å². The monoisotopic (exact) mass is 473 g/mol. The van der Waals surface area contributed by atoms with Crippen LogP contribution < -0.4 is 0 Å². The molecular formula is C20H22Cl2FN3O3S. The Hall–Kier alpha value is -1.71. The third-order valence-corrected chi connectivity index (χ3v) is 7.56. The lowest BCUT2D eigenvalue weighted by molar-refractivity contribution is -0.133. The smallest absolute Gasteiger partial charge is 0.246 e. The van der Waals surface area contributed by atoms with Gasteiger partial charge in [0.25, 0.3) is 0 Å². The molecule has 162 valence electrons. The van der Waals surface area contributed by atoms with E-state index >= 15 is 0 Å². The van der Waals surface area contributed by atoms with Crippen LogP contribution in [-0.4, -0.2) is 68.2 Å². The van der Waals surface area contributed by atoms with Gasteiger partial charge in [0, 0.05) is 32.7 Å². The zero-order valence-electron chi connectivity index (χ0n) is 16.4. The Morgan fingerprint density at radius 2 is 1.73 bits per heavy atom.